The van der Waals surface area contributed by atoms with Crippen LogP contribution in [0.5, 0.6) is 11.5 Å². The zero-order chi connectivity index (χ0) is 21.0. The summed E-state index contributed by atoms with van der Waals surface area (Å²) in [5.74, 6) is 0.563. The first kappa shape index (κ1) is 21.4. The Kier molecular flexibility index (Phi) is 6.63. The van der Waals surface area contributed by atoms with Gasteiger partial charge in [-0.1, -0.05) is 23.7 Å². The van der Waals surface area contributed by atoms with Crippen molar-refractivity contribution in [2.45, 2.75) is 6.54 Å². The summed E-state index contributed by atoms with van der Waals surface area (Å²) in [5.41, 5.74) is 1.32. The third-order valence-electron chi connectivity index (χ3n) is 4.51. The van der Waals surface area contributed by atoms with Crippen molar-refractivity contribution in [3.63, 3.8) is 0 Å². The van der Waals surface area contributed by atoms with E-state index in [4.69, 9.17) is 21.1 Å². The van der Waals surface area contributed by atoms with Crippen LogP contribution in [0.2, 0.25) is 5.02 Å². The average molecular weight is 440 g/mol. The normalized spacial score (nSPS) is 16.5. The number of nitrogens with zero attached hydrogens (tertiary/aromatic N) is 2. The van der Waals surface area contributed by atoms with E-state index in [1.807, 2.05) is 0 Å². The number of hydrogen-bond acceptors (Lipinski definition) is 5. The molecule has 3 rings (SSSR count). The fraction of sp³-hybridized carbons (Fsp3) is 0.316. The van der Waals surface area contributed by atoms with E-state index in [9.17, 15) is 13.2 Å². The van der Waals surface area contributed by atoms with E-state index in [-0.39, 0.29) is 19.6 Å². The molecule has 1 aliphatic heterocycles. The molecule has 1 amide bonds. The second kappa shape index (κ2) is 9.00. The molecule has 0 atom stereocenters. The van der Waals surface area contributed by atoms with Gasteiger partial charge >= 0.3 is 0 Å². The maximum atomic E-state index is 12.7. The molecule has 2 aromatic rings. The topological polar surface area (TPSA) is 88.2 Å². The molecule has 29 heavy (non-hydrogen) atoms. The number of anilines is 1. The molecule has 1 aliphatic rings. The van der Waals surface area contributed by atoms with Crippen molar-refractivity contribution in [3.8, 4) is 11.5 Å². The Morgan fingerprint density at radius 3 is 2.34 bits per heavy atom. The smallest absolute Gasteiger partial charge is 0.282 e. The van der Waals surface area contributed by atoms with Crippen molar-refractivity contribution in [1.82, 2.24) is 8.61 Å². The number of methoxy groups -OCH3 is 2. The Labute approximate surface area is 175 Å². The molecule has 1 heterocycles. The number of benzene rings is 2. The van der Waals surface area contributed by atoms with Gasteiger partial charge in [0.2, 0.25) is 5.91 Å². The molecule has 10 heteroatoms. The van der Waals surface area contributed by atoms with Crippen LogP contribution < -0.4 is 14.8 Å². The van der Waals surface area contributed by atoms with E-state index in [2.05, 4.69) is 5.32 Å². The minimum atomic E-state index is -3.72. The Morgan fingerprint density at radius 1 is 1.03 bits per heavy atom. The lowest BCUT2D eigenvalue weighted by Crippen LogP contribution is -2.37. The Hall–Kier alpha value is -2.33. The van der Waals surface area contributed by atoms with Crippen molar-refractivity contribution in [2.75, 3.05) is 39.2 Å². The highest BCUT2D eigenvalue weighted by Crippen LogP contribution is 2.29. The SMILES string of the molecule is COc1ccc(NC(=O)CN2CCN(Cc3ccc(Cl)cc3)S2(=O)=O)cc1OC. The number of ether oxygens (including phenoxy) is 2. The van der Waals surface area contributed by atoms with Crippen LogP contribution in [0.4, 0.5) is 5.69 Å². The molecule has 1 saturated heterocycles. The van der Waals surface area contributed by atoms with E-state index < -0.39 is 16.1 Å². The average Bonchev–Trinajstić information content (AvgIpc) is 2.97. The second-order valence-corrected chi connectivity index (χ2v) is 8.78. The lowest BCUT2D eigenvalue weighted by molar-refractivity contribution is -0.116. The van der Waals surface area contributed by atoms with Crippen LogP contribution in [-0.2, 0) is 21.5 Å². The maximum Gasteiger partial charge on any atom is 0.282 e. The molecule has 156 valence electrons. The molecule has 8 nitrogen and oxygen atoms in total. The number of hydrogen-bond donors (Lipinski definition) is 1. The largest absolute Gasteiger partial charge is 0.493 e. The van der Waals surface area contributed by atoms with Crippen LogP contribution in [0.3, 0.4) is 0 Å². The van der Waals surface area contributed by atoms with Crippen molar-refractivity contribution in [3.05, 3.63) is 53.1 Å². The van der Waals surface area contributed by atoms with Gasteiger partial charge in [0.15, 0.2) is 11.5 Å². The van der Waals surface area contributed by atoms with Gasteiger partial charge in [-0.3, -0.25) is 4.79 Å². The fourth-order valence-corrected chi connectivity index (χ4v) is 4.68. The minimum Gasteiger partial charge on any atom is -0.493 e. The molecule has 0 spiro atoms. The van der Waals surface area contributed by atoms with Gasteiger partial charge in [-0.2, -0.15) is 17.0 Å². The summed E-state index contributed by atoms with van der Waals surface area (Å²) in [6, 6.07) is 11.9. The van der Waals surface area contributed by atoms with Crippen LogP contribution in [0, 0.1) is 0 Å². The van der Waals surface area contributed by atoms with Crippen LogP contribution in [0.15, 0.2) is 42.5 Å². The first-order chi connectivity index (χ1) is 13.8. The third-order valence-corrected chi connectivity index (χ3v) is 6.69. The molecule has 0 saturated carbocycles. The predicted molar refractivity (Wildman–Crippen MR) is 111 cm³/mol. The summed E-state index contributed by atoms with van der Waals surface area (Å²) in [4.78, 5) is 12.4. The molecule has 0 aromatic heterocycles. The number of carbonyl (C=O) groups is 1. The standard InChI is InChI=1S/C19H22ClN3O5S/c1-27-17-8-7-16(11-18(17)28-2)21-19(24)13-23-10-9-22(29(23,25)26)12-14-3-5-15(20)6-4-14/h3-8,11H,9-10,12-13H2,1-2H3,(H,21,24). The van der Waals surface area contributed by atoms with Gasteiger partial charge in [-0.25, -0.2) is 0 Å². The van der Waals surface area contributed by atoms with Gasteiger partial charge in [0, 0.05) is 36.4 Å². The first-order valence-electron chi connectivity index (χ1n) is 8.85. The van der Waals surface area contributed by atoms with Crippen molar-refractivity contribution in [2.24, 2.45) is 0 Å². The molecule has 0 unspecified atom stereocenters. The van der Waals surface area contributed by atoms with Gasteiger partial charge < -0.3 is 14.8 Å². The summed E-state index contributed by atoms with van der Waals surface area (Å²) >= 11 is 5.87. The van der Waals surface area contributed by atoms with E-state index in [0.717, 1.165) is 5.56 Å². The monoisotopic (exact) mass is 439 g/mol. The molecule has 0 radical (unpaired) electrons. The number of carbonyl (C=O) groups excluding carboxylic acids is 1. The summed E-state index contributed by atoms with van der Waals surface area (Å²) in [7, 11) is -0.705. The summed E-state index contributed by atoms with van der Waals surface area (Å²) < 4.78 is 38.4. The van der Waals surface area contributed by atoms with Crippen molar-refractivity contribution in [1.29, 1.82) is 0 Å². The van der Waals surface area contributed by atoms with E-state index in [1.165, 1.54) is 22.8 Å². The molecule has 1 N–H and O–H groups in total. The van der Waals surface area contributed by atoms with Crippen molar-refractivity contribution < 1.29 is 22.7 Å². The highest BCUT2D eigenvalue weighted by Gasteiger charge is 2.37. The Morgan fingerprint density at radius 2 is 1.69 bits per heavy atom. The number of amides is 1. The Balaban J connectivity index is 1.63. The maximum absolute atomic E-state index is 12.7. The lowest BCUT2D eigenvalue weighted by atomic mass is 10.2. The van der Waals surface area contributed by atoms with Crippen LogP contribution in [0.1, 0.15) is 5.56 Å². The fourth-order valence-electron chi connectivity index (χ4n) is 3.01. The van der Waals surface area contributed by atoms with Crippen LogP contribution >= 0.6 is 11.6 Å². The van der Waals surface area contributed by atoms with E-state index in [1.54, 1.807) is 42.5 Å². The summed E-state index contributed by atoms with van der Waals surface area (Å²) in [6.45, 7) is 0.519. The molecule has 2 aromatic carbocycles. The molecule has 0 aliphatic carbocycles. The van der Waals surface area contributed by atoms with E-state index in [0.29, 0.717) is 28.8 Å². The van der Waals surface area contributed by atoms with Gasteiger partial charge in [-0.15, -0.1) is 0 Å². The van der Waals surface area contributed by atoms with Gasteiger partial charge in [0.1, 0.15) is 0 Å². The number of halogens is 1. The Bertz CT molecular complexity index is 982. The highest BCUT2D eigenvalue weighted by molar-refractivity contribution is 7.87. The summed E-state index contributed by atoms with van der Waals surface area (Å²) in [6.07, 6.45) is 0. The quantitative estimate of drug-likeness (QED) is 0.715. The van der Waals surface area contributed by atoms with Gasteiger partial charge in [0.25, 0.3) is 10.2 Å². The van der Waals surface area contributed by atoms with Gasteiger partial charge in [-0.05, 0) is 29.8 Å². The minimum absolute atomic E-state index is 0.229. The molecular formula is C19H22ClN3O5S. The molecule has 0 bridgehead atoms. The van der Waals surface area contributed by atoms with E-state index >= 15 is 0 Å². The number of rotatable bonds is 7. The van der Waals surface area contributed by atoms with Crippen LogP contribution in [0.25, 0.3) is 0 Å². The summed E-state index contributed by atoms with van der Waals surface area (Å²) in [5, 5.41) is 3.28. The second-order valence-electron chi connectivity index (χ2n) is 6.42. The highest BCUT2D eigenvalue weighted by atomic mass is 35.5. The molecular weight excluding hydrogens is 418 g/mol. The number of nitrogens with one attached hydrogen (secondary N) is 1. The predicted octanol–water partition coefficient (Wildman–Crippen LogP) is 2.36. The lowest BCUT2D eigenvalue weighted by Gasteiger charge is -2.18. The third kappa shape index (κ3) is 4.99. The van der Waals surface area contributed by atoms with Gasteiger partial charge in [0.05, 0.1) is 20.8 Å². The zero-order valence-electron chi connectivity index (χ0n) is 16.1. The molecule has 1 fully saturated rings. The van der Waals surface area contributed by atoms with Crippen LogP contribution in [-0.4, -0.2) is 56.8 Å². The first-order valence-corrected chi connectivity index (χ1v) is 10.6. The zero-order valence-corrected chi connectivity index (χ0v) is 17.7. The van der Waals surface area contributed by atoms with Crippen molar-refractivity contribution >= 4 is 33.4 Å².